The number of esters is 1. The van der Waals surface area contributed by atoms with Crippen molar-refractivity contribution in [2.45, 2.75) is 59.1 Å². The number of aliphatic imine (C=N–C) groups is 1. The fraction of sp³-hybridized carbons (Fsp3) is 0.314. The highest BCUT2D eigenvalue weighted by Crippen LogP contribution is 2.39. The molecule has 0 saturated carbocycles. The minimum Gasteiger partial charge on any atom is -0.397 e. The molecule has 4 aromatic rings. The fourth-order valence-corrected chi connectivity index (χ4v) is 6.69. The Morgan fingerprint density at radius 3 is 2.54 bits per heavy atom. The molecule has 0 spiro atoms. The monoisotopic (exact) mass is 721 g/mol. The number of carbonyl (C=O) groups excluding carboxylic acids is 3. The van der Waals surface area contributed by atoms with Crippen molar-refractivity contribution in [3.8, 4) is 16.8 Å². The van der Waals surface area contributed by atoms with Gasteiger partial charge in [0, 0.05) is 52.2 Å². The Labute approximate surface area is 296 Å². The van der Waals surface area contributed by atoms with E-state index in [0.717, 1.165) is 32.3 Å². The van der Waals surface area contributed by atoms with Gasteiger partial charge in [-0.2, -0.15) is 8.78 Å². The van der Waals surface area contributed by atoms with Crippen LogP contribution in [-0.4, -0.2) is 57.5 Å². The summed E-state index contributed by atoms with van der Waals surface area (Å²) in [6, 6.07) is 10.8. The summed E-state index contributed by atoms with van der Waals surface area (Å²) in [7, 11) is 0. The molecule has 1 atom stereocenters. The van der Waals surface area contributed by atoms with E-state index in [9.17, 15) is 23.2 Å². The van der Waals surface area contributed by atoms with Crippen LogP contribution in [0.3, 0.4) is 0 Å². The van der Waals surface area contributed by atoms with E-state index < -0.39 is 18.1 Å². The maximum atomic E-state index is 13.2. The van der Waals surface area contributed by atoms with Gasteiger partial charge in [0.2, 0.25) is 11.8 Å². The van der Waals surface area contributed by atoms with E-state index in [2.05, 4.69) is 51.3 Å². The zero-order valence-electron chi connectivity index (χ0n) is 27.7. The SMILES string of the molecule is Cc1sc2c(c1C)C(c1ccc(Cl)cc1)=N[C@@H](CC(=O)NCCCC(=O)Nc1ccc(C(=O)OC(C)(F)F)c(C#CCN)c1)c1nnc(C)n1-2. The molecule has 2 aromatic heterocycles. The fourth-order valence-electron chi connectivity index (χ4n) is 5.35. The Morgan fingerprint density at radius 2 is 1.84 bits per heavy atom. The summed E-state index contributed by atoms with van der Waals surface area (Å²) >= 11 is 7.81. The summed E-state index contributed by atoms with van der Waals surface area (Å²) in [5.74, 6) is 4.54. The summed E-state index contributed by atoms with van der Waals surface area (Å²) in [6.45, 7) is 6.60. The van der Waals surface area contributed by atoms with Gasteiger partial charge in [-0.1, -0.05) is 35.6 Å². The van der Waals surface area contributed by atoms with Gasteiger partial charge < -0.3 is 21.1 Å². The Morgan fingerprint density at radius 1 is 1.10 bits per heavy atom. The molecule has 2 aromatic carbocycles. The molecular weight excluding hydrogens is 688 g/mol. The number of rotatable bonds is 10. The number of nitrogens with zero attached hydrogens (tertiary/aromatic N) is 4. The van der Waals surface area contributed by atoms with Crippen LogP contribution in [-0.2, 0) is 14.3 Å². The minimum atomic E-state index is -3.67. The number of hydrogen-bond donors (Lipinski definition) is 3. The van der Waals surface area contributed by atoms with Gasteiger partial charge in [-0.25, -0.2) is 4.79 Å². The molecule has 0 bridgehead atoms. The zero-order valence-corrected chi connectivity index (χ0v) is 29.3. The smallest absolute Gasteiger partial charge is 0.397 e. The standard InChI is InChI=1S/C35H34ClF2N7O4S/c1-19-20(2)50-33-30(19)31(22-9-11-24(36)12-10-22)42-27(32-44-43-21(3)45(32)33)18-29(47)40-16-6-8-28(46)41-25-13-14-26(23(17-25)7-5-15-39)34(48)49-35(4,37)38/h9-14,17,27H,6,8,15-16,18,39H2,1-4H3,(H,40,47)(H,41,46)/t27-/m0/s1. The van der Waals surface area contributed by atoms with Gasteiger partial charge in [0.1, 0.15) is 16.9 Å². The molecule has 260 valence electrons. The molecule has 4 N–H and O–H groups in total. The molecule has 0 aliphatic carbocycles. The molecule has 3 heterocycles. The molecule has 15 heteroatoms. The van der Waals surface area contributed by atoms with Crippen molar-refractivity contribution in [1.29, 1.82) is 0 Å². The van der Waals surface area contributed by atoms with E-state index in [0.29, 0.717) is 35.7 Å². The predicted octanol–water partition coefficient (Wildman–Crippen LogP) is 5.80. The largest absolute Gasteiger partial charge is 0.397 e. The number of fused-ring (bicyclic) bond motifs is 3. The number of hydrogen-bond acceptors (Lipinski definition) is 9. The highest BCUT2D eigenvalue weighted by Gasteiger charge is 2.32. The summed E-state index contributed by atoms with van der Waals surface area (Å²) in [6.07, 6.45) is -3.29. The van der Waals surface area contributed by atoms with E-state index in [4.69, 9.17) is 22.3 Å². The lowest BCUT2D eigenvalue weighted by Gasteiger charge is -2.14. The summed E-state index contributed by atoms with van der Waals surface area (Å²) < 4.78 is 32.6. The van der Waals surface area contributed by atoms with Crippen LogP contribution in [0, 0.1) is 32.6 Å². The van der Waals surface area contributed by atoms with E-state index in [-0.39, 0.29) is 48.9 Å². The van der Waals surface area contributed by atoms with E-state index in [1.807, 2.05) is 23.6 Å². The van der Waals surface area contributed by atoms with Crippen LogP contribution in [0.2, 0.25) is 5.02 Å². The highest BCUT2D eigenvalue weighted by molar-refractivity contribution is 7.15. The maximum Gasteiger partial charge on any atom is 0.397 e. The number of aryl methyl sites for hydroxylation is 2. The van der Waals surface area contributed by atoms with Crippen molar-refractivity contribution in [1.82, 2.24) is 20.1 Å². The molecule has 11 nitrogen and oxygen atoms in total. The molecule has 0 fully saturated rings. The number of ether oxygens (including phenoxy) is 1. The quantitative estimate of drug-likeness (QED) is 0.106. The number of halogens is 3. The Balaban J connectivity index is 1.24. The maximum absolute atomic E-state index is 13.2. The molecular formula is C35H34ClF2N7O4S. The Hall–Kier alpha value is -4.97. The summed E-state index contributed by atoms with van der Waals surface area (Å²) in [5.41, 5.74) is 9.24. The first kappa shape index (κ1) is 36.3. The van der Waals surface area contributed by atoms with Crippen LogP contribution in [0.1, 0.15) is 81.4 Å². The number of anilines is 1. The topological polar surface area (TPSA) is 154 Å². The second-order valence-corrected chi connectivity index (χ2v) is 13.2. The van der Waals surface area contributed by atoms with E-state index >= 15 is 0 Å². The molecule has 1 aliphatic rings. The van der Waals surface area contributed by atoms with Gasteiger partial charge in [-0.15, -0.1) is 21.5 Å². The van der Waals surface area contributed by atoms with Crippen molar-refractivity contribution in [2.75, 3.05) is 18.4 Å². The molecule has 5 rings (SSSR count). The number of nitrogens with one attached hydrogen (secondary N) is 2. The zero-order chi connectivity index (χ0) is 36.2. The minimum absolute atomic E-state index is 0.000249. The van der Waals surface area contributed by atoms with Crippen molar-refractivity contribution in [3.05, 3.63) is 91.8 Å². The molecule has 50 heavy (non-hydrogen) atoms. The number of aromatic nitrogens is 3. The van der Waals surface area contributed by atoms with Gasteiger partial charge in [0.05, 0.1) is 24.2 Å². The Bertz CT molecular complexity index is 2040. The third kappa shape index (κ3) is 8.42. The number of carbonyl (C=O) groups is 3. The van der Waals surface area contributed by atoms with Crippen LogP contribution in [0.5, 0.6) is 0 Å². The van der Waals surface area contributed by atoms with Crippen molar-refractivity contribution >= 4 is 52.1 Å². The van der Waals surface area contributed by atoms with Crippen molar-refractivity contribution in [2.24, 2.45) is 10.7 Å². The average molecular weight is 722 g/mol. The van der Waals surface area contributed by atoms with E-state index in [1.165, 1.54) is 18.2 Å². The number of benzene rings is 2. The second-order valence-electron chi connectivity index (χ2n) is 11.6. The van der Waals surface area contributed by atoms with Crippen LogP contribution < -0.4 is 16.4 Å². The van der Waals surface area contributed by atoms with E-state index in [1.54, 1.807) is 23.5 Å². The van der Waals surface area contributed by atoms with Crippen molar-refractivity contribution < 1.29 is 27.9 Å². The van der Waals surface area contributed by atoms with Gasteiger partial charge in [-0.3, -0.25) is 19.1 Å². The van der Waals surface area contributed by atoms with Gasteiger partial charge >= 0.3 is 12.1 Å². The van der Waals surface area contributed by atoms with Crippen LogP contribution >= 0.6 is 22.9 Å². The molecule has 0 unspecified atom stereocenters. The molecule has 2 amide bonds. The van der Waals surface area contributed by atoms with Crippen molar-refractivity contribution in [3.63, 3.8) is 0 Å². The van der Waals surface area contributed by atoms with Crippen LogP contribution in [0.4, 0.5) is 14.5 Å². The van der Waals surface area contributed by atoms with Gasteiger partial charge in [0.25, 0.3) is 0 Å². The normalized spacial score (nSPS) is 13.6. The first-order valence-corrected chi connectivity index (χ1v) is 16.8. The second kappa shape index (κ2) is 15.3. The number of alkyl halides is 2. The van der Waals surface area contributed by atoms with Crippen LogP contribution in [0.15, 0.2) is 47.5 Å². The number of amides is 2. The van der Waals surface area contributed by atoms with Gasteiger partial charge in [-0.05, 0) is 63.1 Å². The third-order valence-corrected chi connectivity index (χ3v) is 9.20. The first-order valence-electron chi connectivity index (χ1n) is 15.6. The number of nitrogens with two attached hydrogens (primary N) is 1. The number of thiophene rings is 1. The highest BCUT2D eigenvalue weighted by atomic mass is 35.5. The average Bonchev–Trinajstić information content (AvgIpc) is 3.53. The summed E-state index contributed by atoms with van der Waals surface area (Å²) in [5, 5.41) is 15.8. The Kier molecular flexibility index (Phi) is 11.1. The lowest BCUT2D eigenvalue weighted by Crippen LogP contribution is -2.27. The van der Waals surface area contributed by atoms with Crippen LogP contribution in [0.25, 0.3) is 5.00 Å². The first-order chi connectivity index (χ1) is 23.8. The molecule has 0 saturated heterocycles. The summed E-state index contributed by atoms with van der Waals surface area (Å²) in [4.78, 5) is 44.4. The lowest BCUT2D eigenvalue weighted by molar-refractivity contribution is -0.185. The molecule has 0 radical (unpaired) electrons. The van der Waals surface area contributed by atoms with Gasteiger partial charge in [0.15, 0.2) is 5.82 Å². The third-order valence-electron chi connectivity index (χ3n) is 7.76. The molecule has 1 aliphatic heterocycles. The lowest BCUT2D eigenvalue weighted by atomic mass is 9.99. The predicted molar refractivity (Wildman–Crippen MR) is 187 cm³/mol.